The van der Waals surface area contributed by atoms with Crippen molar-refractivity contribution < 1.29 is 32.7 Å². The van der Waals surface area contributed by atoms with Crippen LogP contribution in [0.2, 0.25) is 0 Å². The van der Waals surface area contributed by atoms with E-state index in [1.165, 1.54) is 11.1 Å². The highest BCUT2D eigenvalue weighted by molar-refractivity contribution is 5.86. The smallest absolute Gasteiger partial charge is 0.475 e. The first-order valence-corrected chi connectivity index (χ1v) is 15.1. The van der Waals surface area contributed by atoms with E-state index in [0.717, 1.165) is 47.8 Å². The molecule has 4 rings (SSSR count). The van der Waals surface area contributed by atoms with E-state index in [0.29, 0.717) is 19.6 Å². The minimum Gasteiger partial charge on any atom is -0.475 e. The van der Waals surface area contributed by atoms with Crippen molar-refractivity contribution in [2.75, 3.05) is 13.1 Å². The molecule has 0 radical (unpaired) electrons. The number of carbonyl (C=O) groups is 3. The van der Waals surface area contributed by atoms with Crippen molar-refractivity contribution in [1.82, 2.24) is 20.9 Å². The predicted molar refractivity (Wildman–Crippen MR) is 175 cm³/mol. The lowest BCUT2D eigenvalue weighted by Gasteiger charge is -2.26. The topological polar surface area (TPSA) is 137 Å². The molecule has 4 aromatic carbocycles. The van der Waals surface area contributed by atoms with Gasteiger partial charge in [-0.15, -0.1) is 0 Å². The SMILES string of the molecule is C[C@H](NC(=O)N(CCCCNC(N)=O)Cc1ccc(CNCc2ccccc2)cc1)c1cccc2ccccc12.O=C(O)C(F)(F)F. The van der Waals surface area contributed by atoms with Crippen molar-refractivity contribution in [1.29, 1.82) is 0 Å². The third-order valence-electron chi connectivity index (χ3n) is 7.21. The average Bonchev–Trinajstić information content (AvgIpc) is 3.04. The number of benzene rings is 4. The van der Waals surface area contributed by atoms with Gasteiger partial charge in [0, 0.05) is 32.7 Å². The molecule has 0 bridgehead atoms. The summed E-state index contributed by atoms with van der Waals surface area (Å²) in [6.07, 6.45) is -3.60. The number of aliphatic carboxylic acids is 1. The van der Waals surface area contributed by atoms with Crippen LogP contribution in [0.1, 0.15) is 48.1 Å². The molecule has 6 N–H and O–H groups in total. The number of primary amides is 1. The van der Waals surface area contributed by atoms with Crippen LogP contribution in [-0.2, 0) is 24.4 Å². The molecular formula is C35H40F3N5O4. The Hall–Kier alpha value is -5.10. The summed E-state index contributed by atoms with van der Waals surface area (Å²) in [7, 11) is 0. The monoisotopic (exact) mass is 651 g/mol. The Morgan fingerprint density at radius 1 is 0.809 bits per heavy atom. The third-order valence-corrected chi connectivity index (χ3v) is 7.21. The molecular weight excluding hydrogens is 611 g/mol. The molecule has 0 fully saturated rings. The molecule has 4 amide bonds. The van der Waals surface area contributed by atoms with Crippen LogP contribution in [0.5, 0.6) is 0 Å². The number of hydrogen-bond donors (Lipinski definition) is 5. The van der Waals surface area contributed by atoms with E-state index in [9.17, 15) is 22.8 Å². The minimum absolute atomic E-state index is 0.114. The summed E-state index contributed by atoms with van der Waals surface area (Å²) in [5.41, 5.74) is 9.78. The van der Waals surface area contributed by atoms with Gasteiger partial charge in [0.05, 0.1) is 6.04 Å². The molecule has 12 heteroatoms. The summed E-state index contributed by atoms with van der Waals surface area (Å²) in [4.78, 5) is 35.2. The largest absolute Gasteiger partial charge is 0.490 e. The van der Waals surface area contributed by atoms with Crippen LogP contribution >= 0.6 is 0 Å². The van der Waals surface area contributed by atoms with Gasteiger partial charge in [0.1, 0.15) is 0 Å². The van der Waals surface area contributed by atoms with Crippen LogP contribution in [0.4, 0.5) is 22.8 Å². The molecule has 0 unspecified atom stereocenters. The van der Waals surface area contributed by atoms with Gasteiger partial charge in [-0.3, -0.25) is 0 Å². The standard InChI is InChI=1S/C33H39N5O2.C2HF3O2/c1-25(30-15-9-13-29-12-5-6-14-31(29)30)37-33(40)38(21-8-7-20-36-32(34)39)24-28-18-16-27(17-19-28)23-35-22-26-10-3-2-4-11-26;3-2(4,5)1(6)7/h2-6,9-19,25,35H,7-8,20-24H2,1H3,(H,37,40)(H3,34,36,39);(H,6,7)/t25-;/m0./s1. The molecule has 0 saturated carbocycles. The second kappa shape index (κ2) is 18.1. The van der Waals surface area contributed by atoms with E-state index < -0.39 is 18.2 Å². The summed E-state index contributed by atoms with van der Waals surface area (Å²) in [6, 6.07) is 32.3. The lowest BCUT2D eigenvalue weighted by molar-refractivity contribution is -0.192. The number of nitrogens with two attached hydrogens (primary N) is 1. The van der Waals surface area contributed by atoms with Crippen LogP contribution in [0.3, 0.4) is 0 Å². The van der Waals surface area contributed by atoms with Crippen LogP contribution < -0.4 is 21.7 Å². The Kier molecular flexibility index (Phi) is 14.0. The average molecular weight is 652 g/mol. The van der Waals surface area contributed by atoms with Crippen molar-refractivity contribution in [3.8, 4) is 0 Å². The highest BCUT2D eigenvalue weighted by Crippen LogP contribution is 2.24. The first kappa shape index (κ1) is 36.4. The molecule has 4 aromatic rings. The molecule has 47 heavy (non-hydrogen) atoms. The summed E-state index contributed by atoms with van der Waals surface area (Å²) in [5, 5.41) is 18.7. The van der Waals surface area contributed by atoms with Gasteiger partial charge in [0.2, 0.25) is 0 Å². The Bertz CT molecular complexity index is 1580. The van der Waals surface area contributed by atoms with E-state index in [2.05, 4.69) is 76.6 Å². The molecule has 0 saturated heterocycles. The number of fused-ring (bicyclic) bond motifs is 1. The van der Waals surface area contributed by atoms with Gasteiger partial charge < -0.3 is 31.7 Å². The Balaban J connectivity index is 0.000000771. The summed E-state index contributed by atoms with van der Waals surface area (Å²) >= 11 is 0. The zero-order valence-corrected chi connectivity index (χ0v) is 26.1. The van der Waals surface area contributed by atoms with E-state index in [1.54, 1.807) is 0 Å². The first-order valence-electron chi connectivity index (χ1n) is 15.1. The van der Waals surface area contributed by atoms with E-state index >= 15 is 0 Å². The van der Waals surface area contributed by atoms with E-state index in [1.807, 2.05) is 48.2 Å². The second-order valence-corrected chi connectivity index (χ2v) is 10.9. The summed E-state index contributed by atoms with van der Waals surface area (Å²) in [6.45, 7) is 5.16. The third kappa shape index (κ3) is 12.7. The number of nitrogens with one attached hydrogen (secondary N) is 3. The van der Waals surface area contributed by atoms with E-state index in [4.69, 9.17) is 15.6 Å². The highest BCUT2D eigenvalue weighted by Gasteiger charge is 2.38. The van der Waals surface area contributed by atoms with Crippen molar-refractivity contribution in [2.45, 2.75) is 51.6 Å². The van der Waals surface area contributed by atoms with Gasteiger partial charge in [-0.1, -0.05) is 97.1 Å². The Morgan fingerprint density at radius 3 is 2.02 bits per heavy atom. The van der Waals surface area contributed by atoms with Crippen molar-refractivity contribution in [2.24, 2.45) is 5.73 Å². The van der Waals surface area contributed by atoms with Gasteiger partial charge in [-0.25, -0.2) is 14.4 Å². The zero-order valence-electron chi connectivity index (χ0n) is 26.1. The molecule has 0 spiro atoms. The molecule has 1 atom stereocenters. The number of halogens is 3. The number of carboxylic acids is 1. The Labute approximate surface area is 272 Å². The number of alkyl halides is 3. The highest BCUT2D eigenvalue weighted by atomic mass is 19.4. The molecule has 0 aromatic heterocycles. The number of nitrogens with zero attached hydrogens (tertiary/aromatic N) is 1. The number of carboxylic acid groups (broad SMARTS) is 1. The number of urea groups is 2. The van der Waals surface area contributed by atoms with Gasteiger partial charge >= 0.3 is 24.2 Å². The van der Waals surface area contributed by atoms with Crippen LogP contribution in [-0.4, -0.2) is 47.3 Å². The van der Waals surface area contributed by atoms with Gasteiger partial charge in [-0.05, 0) is 52.8 Å². The van der Waals surface area contributed by atoms with Gasteiger partial charge in [-0.2, -0.15) is 13.2 Å². The van der Waals surface area contributed by atoms with Crippen molar-refractivity contribution in [3.63, 3.8) is 0 Å². The van der Waals surface area contributed by atoms with Crippen molar-refractivity contribution in [3.05, 3.63) is 119 Å². The molecule has 0 aliphatic rings. The summed E-state index contributed by atoms with van der Waals surface area (Å²) < 4.78 is 31.7. The van der Waals surface area contributed by atoms with E-state index in [-0.39, 0.29) is 12.1 Å². The number of unbranched alkanes of at least 4 members (excludes halogenated alkanes) is 1. The number of hydrogen-bond acceptors (Lipinski definition) is 4. The Morgan fingerprint density at radius 2 is 1.38 bits per heavy atom. The fourth-order valence-electron chi connectivity index (χ4n) is 4.80. The molecule has 0 heterocycles. The molecule has 0 aliphatic carbocycles. The fraction of sp³-hybridized carbons (Fsp3) is 0.286. The number of rotatable bonds is 13. The van der Waals surface area contributed by atoms with Crippen LogP contribution in [0.15, 0.2) is 97.1 Å². The second-order valence-electron chi connectivity index (χ2n) is 10.9. The van der Waals surface area contributed by atoms with Gasteiger partial charge in [0.25, 0.3) is 0 Å². The normalized spacial score (nSPS) is 11.6. The zero-order chi connectivity index (χ0) is 34.2. The van der Waals surface area contributed by atoms with Crippen LogP contribution in [0, 0.1) is 0 Å². The lowest BCUT2D eigenvalue weighted by Crippen LogP contribution is -2.41. The van der Waals surface area contributed by atoms with Crippen molar-refractivity contribution >= 4 is 28.8 Å². The molecule has 0 aliphatic heterocycles. The predicted octanol–water partition coefficient (Wildman–Crippen LogP) is 6.48. The maximum atomic E-state index is 13.5. The fourth-order valence-corrected chi connectivity index (χ4v) is 4.80. The van der Waals surface area contributed by atoms with Gasteiger partial charge in [0.15, 0.2) is 0 Å². The van der Waals surface area contributed by atoms with Crippen LogP contribution in [0.25, 0.3) is 10.8 Å². The maximum absolute atomic E-state index is 13.5. The quantitative estimate of drug-likeness (QED) is 0.105. The number of carbonyl (C=O) groups excluding carboxylic acids is 2. The molecule has 9 nitrogen and oxygen atoms in total. The summed E-state index contributed by atoms with van der Waals surface area (Å²) in [5.74, 6) is -2.76. The lowest BCUT2D eigenvalue weighted by atomic mass is 10.00. The number of amides is 4. The molecule has 250 valence electrons. The maximum Gasteiger partial charge on any atom is 0.490 e. The first-order chi connectivity index (χ1) is 22.4. The minimum atomic E-state index is -5.08.